The van der Waals surface area contributed by atoms with Gasteiger partial charge in [0.15, 0.2) is 12.1 Å². The minimum Gasteiger partial charge on any atom is -0.480 e. The number of halogens is 1. The summed E-state index contributed by atoms with van der Waals surface area (Å²) in [6.45, 7) is 26.3. The predicted octanol–water partition coefficient (Wildman–Crippen LogP) is 11.9. The van der Waals surface area contributed by atoms with Crippen LogP contribution in [0.4, 0.5) is 24.0 Å². The molecule has 3 aromatic carbocycles. The predicted molar refractivity (Wildman–Crippen MR) is 339 cm³/mol. The molecule has 3 aromatic rings. The van der Waals surface area contributed by atoms with Gasteiger partial charge in [0.2, 0.25) is 0 Å². The molecule has 25 nitrogen and oxygen atoms in total. The maximum absolute atomic E-state index is 12.2. The van der Waals surface area contributed by atoms with Crippen molar-refractivity contribution in [2.75, 3.05) is 6.54 Å². The lowest BCUT2D eigenvalue weighted by molar-refractivity contribution is -0.144. The third-order valence-electron chi connectivity index (χ3n) is 12.4. The lowest BCUT2D eigenvalue weighted by Crippen LogP contribution is -2.51. The largest absolute Gasteiger partial charge is 0.480 e. The number of alkyl carbamates (subject to hydrolysis) is 4. The molecule has 6 atom stereocenters. The highest BCUT2D eigenvalue weighted by atomic mass is 35.5. The average Bonchev–Trinajstić information content (AvgIpc) is 1.22. The summed E-state index contributed by atoms with van der Waals surface area (Å²) < 4.78 is 36.7. The van der Waals surface area contributed by atoms with Gasteiger partial charge in [0.05, 0.1) is 25.4 Å². The number of carbonyl (C=O) groups excluding carboxylic acids is 5. The van der Waals surface area contributed by atoms with Gasteiger partial charge in [-0.3, -0.25) is 4.90 Å². The molecule has 0 saturated heterocycles. The molecule has 1 fully saturated rings. The van der Waals surface area contributed by atoms with E-state index in [2.05, 4.69) is 21.3 Å². The lowest BCUT2D eigenvalue weighted by Gasteiger charge is -2.37. The van der Waals surface area contributed by atoms with Gasteiger partial charge in [-0.05, 0) is 153 Å². The second-order valence-electron chi connectivity index (χ2n) is 25.2. The van der Waals surface area contributed by atoms with Crippen molar-refractivity contribution in [1.82, 2.24) is 26.2 Å². The van der Waals surface area contributed by atoms with Crippen molar-refractivity contribution >= 4 is 65.9 Å². The van der Waals surface area contributed by atoms with Crippen molar-refractivity contribution in [2.45, 2.75) is 240 Å². The number of rotatable bonds is 24. The van der Waals surface area contributed by atoms with Gasteiger partial charge in [-0.2, -0.15) is 0 Å². The molecule has 5 amide bonds. The van der Waals surface area contributed by atoms with E-state index in [0.717, 1.165) is 43.2 Å². The first kappa shape index (κ1) is 81.1. The molecule has 26 heteroatoms. The van der Waals surface area contributed by atoms with Crippen LogP contribution in [0.5, 0.6) is 0 Å². The van der Waals surface area contributed by atoms with E-state index in [1.54, 1.807) is 128 Å². The molecule has 0 heterocycles. The fourth-order valence-electron chi connectivity index (χ4n) is 8.02. The number of unbranched alkanes of at least 4 members (excludes halogenated alkanes) is 1. The summed E-state index contributed by atoms with van der Waals surface area (Å²) in [6.07, 6.45) is 1.32. The molecule has 0 bridgehead atoms. The number of nitrogens with zero attached hydrogens (tertiary/aromatic N) is 1. The van der Waals surface area contributed by atoms with Gasteiger partial charge in [-0.15, -0.1) is 0 Å². The molecule has 0 spiro atoms. The third kappa shape index (κ3) is 37.8. The highest BCUT2D eigenvalue weighted by Crippen LogP contribution is 2.26. The van der Waals surface area contributed by atoms with Crippen molar-refractivity contribution in [2.24, 2.45) is 0 Å². The topological polar surface area (TPSA) is 351 Å². The fourth-order valence-corrected chi connectivity index (χ4v) is 8.21. The number of ether oxygens (including phenoxy) is 7. The number of aliphatic carboxylic acids is 4. The first-order valence-electron chi connectivity index (χ1n) is 30.0. The number of hydrogen-bond donors (Lipinski definition) is 8. The Kier molecular flexibility index (Phi) is 35.7. The molecule has 0 unspecified atom stereocenters. The fraction of sp³-hybridized carbons (Fsp3) is 0.585. The molecule has 8 N–H and O–H groups in total. The van der Waals surface area contributed by atoms with Crippen molar-refractivity contribution in [3.05, 3.63) is 107 Å². The molecule has 1 saturated carbocycles. The third-order valence-corrected chi connectivity index (χ3v) is 12.7. The van der Waals surface area contributed by atoms with Gasteiger partial charge in [0.25, 0.3) is 0 Å². The van der Waals surface area contributed by atoms with Crippen LogP contribution in [-0.4, -0.2) is 151 Å². The smallest absolute Gasteiger partial charge is 0.411 e. The highest BCUT2D eigenvalue weighted by Gasteiger charge is 2.36. The maximum atomic E-state index is 12.2. The summed E-state index contributed by atoms with van der Waals surface area (Å²) in [5.74, 6) is -4.48. The zero-order valence-electron chi connectivity index (χ0n) is 55.3. The summed E-state index contributed by atoms with van der Waals surface area (Å²) in [7, 11) is 0. The Morgan fingerprint density at radius 3 is 1.30 bits per heavy atom. The van der Waals surface area contributed by atoms with Gasteiger partial charge in [-0.25, -0.2) is 43.2 Å². The molecule has 4 rings (SSSR count). The minimum atomic E-state index is -1.18. The minimum absolute atomic E-state index is 0.0188. The molecule has 91 heavy (non-hydrogen) atoms. The summed E-state index contributed by atoms with van der Waals surface area (Å²) in [4.78, 5) is 105. The van der Waals surface area contributed by atoms with Crippen LogP contribution in [0.1, 0.15) is 172 Å². The number of hydrogen-bond acceptors (Lipinski definition) is 16. The Bertz CT molecular complexity index is 2630. The Hall–Kier alpha value is -7.90. The monoisotopic (exact) mass is 1300 g/mol. The van der Waals surface area contributed by atoms with Crippen LogP contribution in [0.3, 0.4) is 0 Å². The van der Waals surface area contributed by atoms with Crippen LogP contribution < -0.4 is 21.3 Å². The summed E-state index contributed by atoms with van der Waals surface area (Å²) in [6, 6.07) is 21.5. The summed E-state index contributed by atoms with van der Waals surface area (Å²) in [5.41, 5.74) is -0.144. The number of carbonyl (C=O) groups is 9. The number of benzene rings is 3. The Morgan fingerprint density at radius 1 is 0.505 bits per heavy atom. The van der Waals surface area contributed by atoms with E-state index < -0.39 is 113 Å². The zero-order valence-corrected chi connectivity index (χ0v) is 56.0. The summed E-state index contributed by atoms with van der Waals surface area (Å²) in [5, 5.41) is 46.9. The first-order chi connectivity index (χ1) is 42.2. The van der Waals surface area contributed by atoms with Crippen LogP contribution >= 0.6 is 11.6 Å². The standard InChI is InChI=1S/C19H27ClN2O6.2C16H23NO5.C14H25NO4/c1-19(2,3)28-18(26)22-15(16(23)24)10-6-7-11-21-17(25)27-12-13-8-4-5-9-14(13)20;2*1-11(21-10-12-8-6-5-7-9-12)13(14(18)19)17-15(20)22-16(2,3)4;1-10(12(16)17)15(11-8-6-5-7-9-11)13(18)19-14(2,3)4/h4-5,8-9,15H,6-7,10-12H2,1-3H3,(H,21,25)(H,22,26)(H,23,24);2*5-9,11,13H,10H2,1-4H3,(H,17,20)(H,18,19);10-11H,5-9H2,1-4H3,(H,16,17)/t15-;2*11-,13+;10-/m0110/s1. The average molecular weight is 1300 g/mol. The van der Waals surface area contributed by atoms with E-state index in [-0.39, 0.29) is 32.3 Å². The Balaban J connectivity index is 0.000000612. The maximum Gasteiger partial charge on any atom is 0.411 e. The van der Waals surface area contributed by atoms with Crippen LogP contribution in [0.25, 0.3) is 0 Å². The Labute approximate surface area is 539 Å². The van der Waals surface area contributed by atoms with Crippen molar-refractivity contribution < 1.29 is 96.7 Å². The number of carboxylic acids is 4. The van der Waals surface area contributed by atoms with Gasteiger partial charge in [0, 0.05) is 23.2 Å². The second kappa shape index (κ2) is 40.1. The lowest BCUT2D eigenvalue weighted by atomic mass is 9.93. The van der Waals surface area contributed by atoms with Crippen LogP contribution in [0, 0.1) is 0 Å². The van der Waals surface area contributed by atoms with E-state index in [0.29, 0.717) is 30.0 Å². The van der Waals surface area contributed by atoms with Crippen LogP contribution in [0.2, 0.25) is 5.02 Å². The molecule has 0 radical (unpaired) electrons. The molecular weight excluding hydrogens is 1210 g/mol. The van der Waals surface area contributed by atoms with E-state index in [1.807, 2.05) is 60.7 Å². The van der Waals surface area contributed by atoms with Crippen molar-refractivity contribution in [3.8, 4) is 0 Å². The molecule has 510 valence electrons. The number of carboxylic acid groups (broad SMARTS) is 4. The van der Waals surface area contributed by atoms with E-state index in [4.69, 9.17) is 44.8 Å². The SMILES string of the molecule is CC(C)(C)OC(=O)N[C@@H](CCCCNC(=O)OCc1ccccc1Cl)C(=O)O.C[C@@H](C(=O)O)N(C(=O)OC(C)(C)C)C1CCCCC1.C[C@@H](OCc1ccccc1)[C@H](NC(=O)OC(C)(C)C)C(=O)O.C[C@@H](OCc1ccccc1)[C@H](NC(=O)OC(C)(C)C)C(=O)O. The zero-order chi connectivity index (χ0) is 69.3. The van der Waals surface area contributed by atoms with E-state index in [1.165, 1.54) is 4.90 Å². The van der Waals surface area contributed by atoms with Gasteiger partial charge >= 0.3 is 54.3 Å². The van der Waals surface area contributed by atoms with Gasteiger partial charge < -0.3 is 74.9 Å². The molecule has 0 aromatic heterocycles. The van der Waals surface area contributed by atoms with Crippen LogP contribution in [0.15, 0.2) is 84.9 Å². The first-order valence-corrected chi connectivity index (χ1v) is 30.4. The van der Waals surface area contributed by atoms with E-state index >= 15 is 0 Å². The summed E-state index contributed by atoms with van der Waals surface area (Å²) >= 11 is 5.98. The van der Waals surface area contributed by atoms with Crippen molar-refractivity contribution in [3.63, 3.8) is 0 Å². The van der Waals surface area contributed by atoms with Crippen LogP contribution in [-0.2, 0) is 72.2 Å². The van der Waals surface area contributed by atoms with Crippen molar-refractivity contribution in [1.29, 1.82) is 0 Å². The quantitative estimate of drug-likeness (QED) is 0.0305. The van der Waals surface area contributed by atoms with E-state index in [9.17, 15) is 63.6 Å². The normalized spacial score (nSPS) is 14.4. The molecular formula is C65H98ClN5O20. The van der Waals surface area contributed by atoms with Gasteiger partial charge in [-0.1, -0.05) is 110 Å². The molecule has 1 aliphatic rings. The van der Waals surface area contributed by atoms with Gasteiger partial charge in [0.1, 0.15) is 41.1 Å². The highest BCUT2D eigenvalue weighted by molar-refractivity contribution is 6.31. The molecule has 0 aliphatic heterocycles. The molecule has 1 aliphatic carbocycles. The Morgan fingerprint density at radius 2 is 0.912 bits per heavy atom. The number of amides is 5. The number of nitrogens with one attached hydrogen (secondary N) is 4. The second-order valence-corrected chi connectivity index (χ2v) is 25.7.